The number of rotatable bonds is 4. The summed E-state index contributed by atoms with van der Waals surface area (Å²) in [7, 11) is 0. The minimum absolute atomic E-state index is 0.120. The average molecular weight is 300 g/mol. The Morgan fingerprint density at radius 2 is 1.95 bits per heavy atom. The first-order valence-electron chi connectivity index (χ1n) is 5.68. The first kappa shape index (κ1) is 12.8. The minimum Gasteiger partial charge on any atom is -0.287 e. The molecule has 0 saturated heterocycles. The number of aromatic nitrogens is 4. The standard InChI is InChI=1S/C13H8N4OS2/c18-10(12-16-6-7-19-12)3-2-9-8-20-13(17-9)11-14-4-1-5-15-11/h1-8H/b3-2+. The second-order valence-electron chi connectivity index (χ2n) is 3.68. The third kappa shape index (κ3) is 2.84. The molecule has 98 valence electrons. The maximum Gasteiger partial charge on any atom is 0.214 e. The summed E-state index contributed by atoms with van der Waals surface area (Å²) in [5, 5.41) is 4.83. The lowest BCUT2D eigenvalue weighted by Crippen LogP contribution is -1.91. The van der Waals surface area contributed by atoms with Gasteiger partial charge in [0.25, 0.3) is 0 Å². The molecule has 0 atom stereocenters. The maximum atomic E-state index is 11.8. The molecule has 0 aromatic carbocycles. The van der Waals surface area contributed by atoms with Crippen molar-refractivity contribution >= 4 is 34.5 Å². The average Bonchev–Trinajstić information content (AvgIpc) is 3.17. The molecule has 0 aliphatic rings. The third-order valence-corrected chi connectivity index (χ3v) is 3.97. The molecule has 3 rings (SSSR count). The van der Waals surface area contributed by atoms with Crippen molar-refractivity contribution in [2.75, 3.05) is 0 Å². The van der Waals surface area contributed by atoms with Gasteiger partial charge >= 0.3 is 0 Å². The van der Waals surface area contributed by atoms with Crippen LogP contribution in [0.5, 0.6) is 0 Å². The smallest absolute Gasteiger partial charge is 0.214 e. The lowest BCUT2D eigenvalue weighted by atomic mass is 10.3. The number of hydrogen-bond donors (Lipinski definition) is 0. The largest absolute Gasteiger partial charge is 0.287 e. The van der Waals surface area contributed by atoms with Crippen LogP contribution in [0.4, 0.5) is 0 Å². The highest BCUT2D eigenvalue weighted by Crippen LogP contribution is 2.20. The van der Waals surface area contributed by atoms with Gasteiger partial charge in [-0.05, 0) is 18.2 Å². The summed E-state index contributed by atoms with van der Waals surface area (Å²) in [6, 6.07) is 1.75. The van der Waals surface area contributed by atoms with Crippen molar-refractivity contribution in [1.82, 2.24) is 19.9 Å². The monoisotopic (exact) mass is 300 g/mol. The lowest BCUT2D eigenvalue weighted by molar-refractivity contribution is 0.104. The molecule has 0 unspecified atom stereocenters. The van der Waals surface area contributed by atoms with Gasteiger partial charge < -0.3 is 0 Å². The summed E-state index contributed by atoms with van der Waals surface area (Å²) in [6.45, 7) is 0. The Bertz CT molecular complexity index is 735. The third-order valence-electron chi connectivity index (χ3n) is 2.33. The number of hydrogen-bond acceptors (Lipinski definition) is 7. The Morgan fingerprint density at radius 3 is 2.70 bits per heavy atom. The molecule has 0 amide bonds. The molecule has 3 heterocycles. The quantitative estimate of drug-likeness (QED) is 0.547. The van der Waals surface area contributed by atoms with Crippen molar-refractivity contribution in [3.8, 4) is 10.8 Å². The molecule has 3 aromatic rings. The van der Waals surface area contributed by atoms with E-state index in [0.717, 1.165) is 5.01 Å². The summed E-state index contributed by atoms with van der Waals surface area (Å²) >= 11 is 2.76. The van der Waals surface area contributed by atoms with Gasteiger partial charge in [0.15, 0.2) is 15.8 Å². The van der Waals surface area contributed by atoms with Gasteiger partial charge in [-0.1, -0.05) is 0 Å². The van der Waals surface area contributed by atoms with Crippen LogP contribution in [-0.4, -0.2) is 25.7 Å². The second-order valence-corrected chi connectivity index (χ2v) is 5.44. The van der Waals surface area contributed by atoms with E-state index >= 15 is 0 Å². The molecule has 5 nitrogen and oxygen atoms in total. The fourth-order valence-electron chi connectivity index (χ4n) is 1.45. The van der Waals surface area contributed by atoms with Crippen LogP contribution in [-0.2, 0) is 0 Å². The second kappa shape index (κ2) is 5.81. The predicted molar refractivity (Wildman–Crippen MR) is 78.6 cm³/mol. The highest BCUT2D eigenvalue weighted by atomic mass is 32.1. The number of nitrogens with zero attached hydrogens (tertiary/aromatic N) is 4. The molecule has 0 aliphatic carbocycles. The summed E-state index contributed by atoms with van der Waals surface area (Å²) < 4.78 is 0. The highest BCUT2D eigenvalue weighted by Gasteiger charge is 2.07. The fraction of sp³-hybridized carbons (Fsp3) is 0. The normalized spacial score (nSPS) is 11.0. The Morgan fingerprint density at radius 1 is 1.10 bits per heavy atom. The van der Waals surface area contributed by atoms with Crippen LogP contribution in [0.2, 0.25) is 0 Å². The van der Waals surface area contributed by atoms with Gasteiger partial charge in [0.1, 0.15) is 0 Å². The topological polar surface area (TPSA) is 68.6 Å². The summed E-state index contributed by atoms with van der Waals surface area (Å²) in [6.07, 6.45) is 8.10. The maximum absolute atomic E-state index is 11.8. The Balaban J connectivity index is 1.76. The minimum atomic E-state index is -0.120. The van der Waals surface area contributed by atoms with E-state index in [1.54, 1.807) is 36.1 Å². The molecule has 0 fully saturated rings. The van der Waals surface area contributed by atoms with Crippen molar-refractivity contribution < 1.29 is 4.79 Å². The van der Waals surface area contributed by atoms with Crippen molar-refractivity contribution in [3.05, 3.63) is 52.2 Å². The van der Waals surface area contributed by atoms with Crippen LogP contribution < -0.4 is 0 Å². The van der Waals surface area contributed by atoms with E-state index in [1.807, 2.05) is 5.38 Å². The molecule has 7 heteroatoms. The highest BCUT2D eigenvalue weighted by molar-refractivity contribution is 7.13. The van der Waals surface area contributed by atoms with E-state index in [0.29, 0.717) is 16.5 Å². The van der Waals surface area contributed by atoms with Crippen LogP contribution in [0.25, 0.3) is 16.9 Å². The zero-order valence-corrected chi connectivity index (χ0v) is 11.8. The van der Waals surface area contributed by atoms with Gasteiger partial charge in [0.2, 0.25) is 5.78 Å². The van der Waals surface area contributed by atoms with Gasteiger partial charge in [0.05, 0.1) is 5.69 Å². The van der Waals surface area contributed by atoms with E-state index in [2.05, 4.69) is 19.9 Å². The van der Waals surface area contributed by atoms with Crippen molar-refractivity contribution in [1.29, 1.82) is 0 Å². The summed E-state index contributed by atoms with van der Waals surface area (Å²) in [4.78, 5) is 28.4. The van der Waals surface area contributed by atoms with Crippen molar-refractivity contribution in [2.24, 2.45) is 0 Å². The van der Waals surface area contributed by atoms with E-state index in [9.17, 15) is 4.79 Å². The van der Waals surface area contributed by atoms with Gasteiger partial charge in [-0.15, -0.1) is 22.7 Å². The van der Waals surface area contributed by atoms with E-state index in [4.69, 9.17) is 0 Å². The fourth-order valence-corrected chi connectivity index (χ4v) is 2.74. The molecule has 0 saturated carbocycles. The molecule has 0 bridgehead atoms. The number of ketones is 1. The first-order valence-corrected chi connectivity index (χ1v) is 7.44. The zero-order valence-electron chi connectivity index (χ0n) is 10.1. The SMILES string of the molecule is O=C(/C=C/c1csc(-c2ncccn2)n1)c1nccs1. The van der Waals surface area contributed by atoms with Crippen molar-refractivity contribution in [3.63, 3.8) is 0 Å². The summed E-state index contributed by atoms with van der Waals surface area (Å²) in [5.74, 6) is 0.467. The van der Waals surface area contributed by atoms with Gasteiger partial charge in [0, 0.05) is 29.4 Å². The molecule has 20 heavy (non-hydrogen) atoms. The van der Waals surface area contributed by atoms with Crippen LogP contribution >= 0.6 is 22.7 Å². The molecule has 0 radical (unpaired) electrons. The number of carbonyl (C=O) groups excluding carboxylic acids is 1. The molecular formula is C13H8N4OS2. The first-order chi connectivity index (χ1) is 9.83. The molecule has 3 aromatic heterocycles. The van der Waals surface area contributed by atoms with Crippen LogP contribution in [0.15, 0.2) is 41.5 Å². The predicted octanol–water partition coefficient (Wildman–Crippen LogP) is 2.95. The number of thiazole rings is 2. The lowest BCUT2D eigenvalue weighted by Gasteiger charge is -1.90. The molecule has 0 N–H and O–H groups in total. The Hall–Kier alpha value is -2.25. The molecule has 0 spiro atoms. The van der Waals surface area contributed by atoms with Crippen molar-refractivity contribution in [2.45, 2.75) is 0 Å². The van der Waals surface area contributed by atoms with Gasteiger partial charge in [-0.3, -0.25) is 4.79 Å². The molecular weight excluding hydrogens is 292 g/mol. The van der Waals surface area contributed by atoms with Crippen LogP contribution in [0.1, 0.15) is 15.5 Å². The number of carbonyl (C=O) groups is 1. The Labute approximate surface area is 122 Å². The Kier molecular flexibility index (Phi) is 3.71. The van der Waals surface area contributed by atoms with Crippen LogP contribution in [0.3, 0.4) is 0 Å². The van der Waals surface area contributed by atoms with Crippen LogP contribution in [0, 0.1) is 0 Å². The zero-order chi connectivity index (χ0) is 13.8. The van der Waals surface area contributed by atoms with E-state index in [-0.39, 0.29) is 5.78 Å². The molecule has 0 aliphatic heterocycles. The van der Waals surface area contributed by atoms with Gasteiger partial charge in [-0.2, -0.15) is 0 Å². The van der Waals surface area contributed by atoms with Gasteiger partial charge in [-0.25, -0.2) is 19.9 Å². The van der Waals surface area contributed by atoms with E-state index in [1.165, 1.54) is 28.7 Å². The summed E-state index contributed by atoms with van der Waals surface area (Å²) in [5.41, 5.74) is 0.711. The number of allylic oxidation sites excluding steroid dienone is 1. The van der Waals surface area contributed by atoms with E-state index < -0.39 is 0 Å².